The number of anilines is 1. The molecule has 152 valence electrons. The molecular formula is C23H21N3O3S. The number of fused-ring (bicyclic) bond motifs is 1. The summed E-state index contributed by atoms with van der Waals surface area (Å²) < 4.78 is 6.82. The minimum absolute atomic E-state index is 0.135. The number of hydrogen-bond donors (Lipinski definition) is 2. The van der Waals surface area contributed by atoms with Crippen LogP contribution < -0.4 is 10.1 Å². The van der Waals surface area contributed by atoms with E-state index in [0.717, 1.165) is 24.3 Å². The molecule has 2 heterocycles. The Labute approximate surface area is 178 Å². The number of carbonyl (C=O) groups is 1. The number of nitrogens with one attached hydrogen (secondary N) is 1. The number of benzene rings is 2. The Hall–Kier alpha value is -3.45. The summed E-state index contributed by atoms with van der Waals surface area (Å²) >= 11 is 1.76. The number of carboxylic acid groups (broad SMARTS) is 1. The number of carboxylic acids is 1. The monoisotopic (exact) mass is 419 g/mol. The molecule has 0 saturated carbocycles. The quantitative estimate of drug-likeness (QED) is 0.413. The standard InChI is InChI=1S/C23H21N3O3S/c1-2-29-20-12-17(6-7-18(20)23(27)28)19-13-21(26-14-25-19)24-10-8-15-4-3-5-16-9-11-30-22(15)16/h3-7,9,11-14H,2,8,10H2,1H3,(H,27,28)(H,24,25,26). The highest BCUT2D eigenvalue weighted by Crippen LogP contribution is 2.28. The first kappa shape index (κ1) is 19.8. The van der Waals surface area contributed by atoms with E-state index < -0.39 is 5.97 Å². The van der Waals surface area contributed by atoms with Gasteiger partial charge in [0, 0.05) is 22.9 Å². The maximum absolute atomic E-state index is 11.4. The maximum Gasteiger partial charge on any atom is 0.339 e. The summed E-state index contributed by atoms with van der Waals surface area (Å²) in [5.41, 5.74) is 2.92. The molecule has 0 spiro atoms. The normalized spacial score (nSPS) is 10.8. The average Bonchev–Trinajstić information content (AvgIpc) is 3.24. The van der Waals surface area contributed by atoms with Gasteiger partial charge >= 0.3 is 5.97 Å². The Bertz CT molecular complexity index is 1190. The fraction of sp³-hybridized carbons (Fsp3) is 0.174. The van der Waals surface area contributed by atoms with E-state index in [1.54, 1.807) is 29.5 Å². The molecule has 2 aromatic heterocycles. The summed E-state index contributed by atoms with van der Waals surface area (Å²) in [7, 11) is 0. The van der Waals surface area contributed by atoms with Crippen LogP contribution in [0.25, 0.3) is 21.3 Å². The smallest absolute Gasteiger partial charge is 0.339 e. The second-order valence-corrected chi connectivity index (χ2v) is 7.59. The number of ether oxygens (including phenoxy) is 1. The minimum Gasteiger partial charge on any atom is -0.493 e. The first-order chi connectivity index (χ1) is 14.7. The lowest BCUT2D eigenvalue weighted by atomic mass is 10.1. The van der Waals surface area contributed by atoms with Crippen molar-refractivity contribution >= 4 is 33.2 Å². The van der Waals surface area contributed by atoms with Crippen LogP contribution in [0.3, 0.4) is 0 Å². The van der Waals surface area contributed by atoms with Crippen LogP contribution in [0.5, 0.6) is 5.75 Å². The zero-order chi connectivity index (χ0) is 20.9. The zero-order valence-electron chi connectivity index (χ0n) is 16.5. The van der Waals surface area contributed by atoms with Gasteiger partial charge in [0.25, 0.3) is 0 Å². The van der Waals surface area contributed by atoms with Gasteiger partial charge in [-0.1, -0.05) is 24.3 Å². The van der Waals surface area contributed by atoms with Crippen molar-refractivity contribution in [3.8, 4) is 17.0 Å². The van der Waals surface area contributed by atoms with Gasteiger partial charge in [0.2, 0.25) is 0 Å². The highest BCUT2D eigenvalue weighted by atomic mass is 32.1. The van der Waals surface area contributed by atoms with Gasteiger partial charge in [0.15, 0.2) is 0 Å². The van der Waals surface area contributed by atoms with E-state index in [-0.39, 0.29) is 5.56 Å². The summed E-state index contributed by atoms with van der Waals surface area (Å²) in [6, 6.07) is 15.4. The Balaban J connectivity index is 1.49. The van der Waals surface area contributed by atoms with Crippen molar-refractivity contribution in [2.24, 2.45) is 0 Å². The molecule has 2 aromatic carbocycles. The van der Waals surface area contributed by atoms with Gasteiger partial charge in [0.1, 0.15) is 23.5 Å². The van der Waals surface area contributed by atoms with Crippen LogP contribution in [0.15, 0.2) is 60.2 Å². The topological polar surface area (TPSA) is 84.3 Å². The number of hydrogen-bond acceptors (Lipinski definition) is 6. The van der Waals surface area contributed by atoms with Gasteiger partial charge in [-0.3, -0.25) is 0 Å². The molecule has 0 fully saturated rings. The summed E-state index contributed by atoms with van der Waals surface area (Å²) in [6.45, 7) is 2.95. The molecule has 0 atom stereocenters. The molecule has 4 aromatic rings. The molecular weight excluding hydrogens is 398 g/mol. The van der Waals surface area contributed by atoms with Crippen molar-refractivity contribution in [2.45, 2.75) is 13.3 Å². The lowest BCUT2D eigenvalue weighted by Crippen LogP contribution is -2.07. The number of rotatable bonds is 8. The summed E-state index contributed by atoms with van der Waals surface area (Å²) in [5.74, 6) is 0.0362. The molecule has 2 N–H and O–H groups in total. The first-order valence-electron chi connectivity index (χ1n) is 9.67. The third-order valence-electron chi connectivity index (χ3n) is 4.74. The molecule has 0 aliphatic heterocycles. The Morgan fingerprint density at radius 2 is 2.07 bits per heavy atom. The highest BCUT2D eigenvalue weighted by molar-refractivity contribution is 7.17. The van der Waals surface area contributed by atoms with E-state index in [9.17, 15) is 9.90 Å². The molecule has 0 unspecified atom stereocenters. The van der Waals surface area contributed by atoms with Crippen LogP contribution >= 0.6 is 11.3 Å². The van der Waals surface area contributed by atoms with E-state index >= 15 is 0 Å². The Morgan fingerprint density at radius 1 is 1.17 bits per heavy atom. The predicted octanol–water partition coefficient (Wildman–Crippen LogP) is 5.11. The van der Waals surface area contributed by atoms with Crippen LogP contribution in [-0.2, 0) is 6.42 Å². The zero-order valence-corrected chi connectivity index (χ0v) is 17.3. The van der Waals surface area contributed by atoms with Gasteiger partial charge in [-0.2, -0.15) is 0 Å². The molecule has 0 saturated heterocycles. The third-order valence-corrected chi connectivity index (χ3v) is 5.74. The molecule has 6 nitrogen and oxygen atoms in total. The van der Waals surface area contributed by atoms with E-state index in [0.29, 0.717) is 18.1 Å². The number of aromatic nitrogens is 2. The summed E-state index contributed by atoms with van der Waals surface area (Å²) in [5, 5.41) is 16.1. The lowest BCUT2D eigenvalue weighted by Gasteiger charge is -2.11. The first-order valence-corrected chi connectivity index (χ1v) is 10.5. The number of thiophene rings is 1. The van der Waals surface area contributed by atoms with Gasteiger partial charge in [0.05, 0.1) is 12.3 Å². The molecule has 0 radical (unpaired) electrons. The van der Waals surface area contributed by atoms with Crippen molar-refractivity contribution in [1.29, 1.82) is 0 Å². The fourth-order valence-electron chi connectivity index (χ4n) is 3.32. The van der Waals surface area contributed by atoms with E-state index in [4.69, 9.17) is 4.74 Å². The van der Waals surface area contributed by atoms with Crippen LogP contribution in [0.1, 0.15) is 22.8 Å². The van der Waals surface area contributed by atoms with E-state index in [1.165, 1.54) is 22.0 Å². The van der Waals surface area contributed by atoms with Gasteiger partial charge in [-0.15, -0.1) is 11.3 Å². The number of nitrogens with zero attached hydrogens (tertiary/aromatic N) is 2. The SMILES string of the molecule is CCOc1cc(-c2cc(NCCc3cccc4ccsc34)ncn2)ccc1C(=O)O. The van der Waals surface area contributed by atoms with Crippen LogP contribution in [0, 0.1) is 0 Å². The van der Waals surface area contributed by atoms with Gasteiger partial charge in [-0.25, -0.2) is 14.8 Å². The minimum atomic E-state index is -1.02. The molecule has 0 aliphatic carbocycles. The van der Waals surface area contributed by atoms with Crippen molar-refractivity contribution in [3.05, 3.63) is 71.4 Å². The van der Waals surface area contributed by atoms with Crippen LogP contribution in [0.2, 0.25) is 0 Å². The van der Waals surface area contributed by atoms with Crippen molar-refractivity contribution < 1.29 is 14.6 Å². The number of aromatic carboxylic acids is 1. The highest BCUT2D eigenvalue weighted by Gasteiger charge is 2.13. The van der Waals surface area contributed by atoms with Crippen LogP contribution in [-0.4, -0.2) is 34.2 Å². The fourth-order valence-corrected chi connectivity index (χ4v) is 4.27. The molecule has 30 heavy (non-hydrogen) atoms. The Morgan fingerprint density at radius 3 is 2.90 bits per heavy atom. The van der Waals surface area contributed by atoms with Crippen LogP contribution in [0.4, 0.5) is 5.82 Å². The lowest BCUT2D eigenvalue weighted by molar-refractivity contribution is 0.0692. The largest absolute Gasteiger partial charge is 0.493 e. The van der Waals surface area contributed by atoms with E-state index in [1.807, 2.05) is 13.0 Å². The molecule has 0 bridgehead atoms. The van der Waals surface area contributed by atoms with Gasteiger partial charge in [-0.05, 0) is 47.9 Å². The van der Waals surface area contributed by atoms with E-state index in [2.05, 4.69) is 44.9 Å². The maximum atomic E-state index is 11.4. The summed E-state index contributed by atoms with van der Waals surface area (Å²) in [6.07, 6.45) is 2.39. The predicted molar refractivity (Wildman–Crippen MR) is 120 cm³/mol. The van der Waals surface area contributed by atoms with Crippen molar-refractivity contribution in [2.75, 3.05) is 18.5 Å². The molecule has 0 aliphatic rings. The second kappa shape index (κ2) is 8.92. The Kier molecular flexibility index (Phi) is 5.90. The van der Waals surface area contributed by atoms with Crippen molar-refractivity contribution in [3.63, 3.8) is 0 Å². The van der Waals surface area contributed by atoms with Crippen molar-refractivity contribution in [1.82, 2.24) is 9.97 Å². The third kappa shape index (κ3) is 4.26. The second-order valence-electron chi connectivity index (χ2n) is 6.67. The van der Waals surface area contributed by atoms with Gasteiger partial charge < -0.3 is 15.2 Å². The molecule has 4 rings (SSSR count). The summed E-state index contributed by atoms with van der Waals surface area (Å²) in [4.78, 5) is 20.0. The average molecular weight is 420 g/mol. The molecule has 0 amide bonds. The molecule has 7 heteroatoms.